The third-order valence-electron chi connectivity index (χ3n) is 5.32. The van der Waals surface area contributed by atoms with Gasteiger partial charge in [0.1, 0.15) is 0 Å². The van der Waals surface area contributed by atoms with Crippen LogP contribution in [0.25, 0.3) is 0 Å². The molecule has 1 aliphatic carbocycles. The Kier molecular flexibility index (Phi) is 3.70. The maximum atomic E-state index is 10.8. The van der Waals surface area contributed by atoms with Gasteiger partial charge in [-0.05, 0) is 50.4 Å². The molecule has 0 aromatic heterocycles. The van der Waals surface area contributed by atoms with Crippen LogP contribution >= 0.6 is 0 Å². The number of fused-ring (bicyclic) bond motifs is 2. The number of rotatable bonds is 1. The third kappa shape index (κ3) is 2.24. The monoisotopic (exact) mass is 287 g/mol. The molecular formula is C18H25NO2. The average Bonchev–Trinajstić information content (AvgIpc) is 2.61. The Morgan fingerprint density at radius 1 is 1.38 bits per heavy atom. The molecule has 0 unspecified atom stereocenters. The van der Waals surface area contributed by atoms with E-state index in [1.54, 1.807) is 7.11 Å². The van der Waals surface area contributed by atoms with Crippen LogP contribution in [0, 0.1) is 5.92 Å². The van der Waals surface area contributed by atoms with Crippen LogP contribution in [0.3, 0.4) is 0 Å². The van der Waals surface area contributed by atoms with E-state index in [4.69, 9.17) is 4.74 Å². The lowest BCUT2D eigenvalue weighted by atomic mass is 9.64. The summed E-state index contributed by atoms with van der Waals surface area (Å²) in [6.45, 7) is 4.25. The van der Waals surface area contributed by atoms with Crippen molar-refractivity contribution < 1.29 is 9.84 Å². The predicted molar refractivity (Wildman–Crippen MR) is 84.8 cm³/mol. The minimum atomic E-state index is -0.0586. The number of benzene rings is 1. The summed E-state index contributed by atoms with van der Waals surface area (Å²) in [5.74, 6) is 1.46. The van der Waals surface area contributed by atoms with Crippen molar-refractivity contribution in [2.24, 2.45) is 5.92 Å². The summed E-state index contributed by atoms with van der Waals surface area (Å²) in [6, 6.07) is 4.00. The Labute approximate surface area is 127 Å². The first-order chi connectivity index (χ1) is 10.1. The summed E-state index contributed by atoms with van der Waals surface area (Å²) < 4.78 is 5.36. The zero-order valence-electron chi connectivity index (χ0n) is 13.2. The van der Waals surface area contributed by atoms with Gasteiger partial charge in [0.2, 0.25) is 0 Å². The van der Waals surface area contributed by atoms with Crippen LogP contribution < -0.4 is 4.74 Å². The van der Waals surface area contributed by atoms with Crippen molar-refractivity contribution in [3.63, 3.8) is 0 Å². The van der Waals surface area contributed by atoms with Crippen LogP contribution in [0.1, 0.15) is 37.3 Å². The van der Waals surface area contributed by atoms with Gasteiger partial charge in [-0.3, -0.25) is 0 Å². The van der Waals surface area contributed by atoms with E-state index in [1.807, 2.05) is 6.07 Å². The van der Waals surface area contributed by atoms with Crippen molar-refractivity contribution in [3.05, 3.63) is 35.4 Å². The highest BCUT2D eigenvalue weighted by atomic mass is 16.5. The number of methoxy groups -OCH3 is 1. The number of phenolic OH excluding ortho intramolecular Hbond substituents is 1. The highest BCUT2D eigenvalue weighted by Crippen LogP contribution is 2.51. The fraction of sp³-hybridized carbons (Fsp3) is 0.556. The molecule has 0 fully saturated rings. The van der Waals surface area contributed by atoms with Gasteiger partial charge in [0.25, 0.3) is 0 Å². The highest BCUT2D eigenvalue weighted by molar-refractivity contribution is 5.56. The summed E-state index contributed by atoms with van der Waals surface area (Å²) in [7, 11) is 3.78. The quantitative estimate of drug-likeness (QED) is 0.803. The minimum Gasteiger partial charge on any atom is -0.504 e. The molecule has 1 N–H and O–H groups in total. The molecule has 3 heteroatoms. The Hall–Kier alpha value is -1.48. The second kappa shape index (κ2) is 5.38. The summed E-state index contributed by atoms with van der Waals surface area (Å²) in [6.07, 6.45) is 8.00. The number of ether oxygens (including phenoxy) is 1. The van der Waals surface area contributed by atoms with Gasteiger partial charge in [-0.1, -0.05) is 25.1 Å². The number of nitrogens with zero attached hydrogens (tertiary/aromatic N) is 1. The third-order valence-corrected chi connectivity index (χ3v) is 5.32. The maximum absolute atomic E-state index is 10.8. The minimum absolute atomic E-state index is 0.0586. The first kappa shape index (κ1) is 14.5. The van der Waals surface area contributed by atoms with Crippen LogP contribution in [0.2, 0.25) is 0 Å². The average molecular weight is 287 g/mol. The smallest absolute Gasteiger partial charge is 0.162 e. The number of allylic oxidation sites excluding steroid dienone is 2. The SMILES string of the molecule is COc1ccc2c(c1O)[C@@]1(C=CCC[C@@H]1C)CCN(C)C2. The largest absolute Gasteiger partial charge is 0.504 e. The molecule has 3 rings (SSSR count). The van der Waals surface area contributed by atoms with E-state index in [9.17, 15) is 5.11 Å². The van der Waals surface area contributed by atoms with Crippen molar-refractivity contribution >= 4 is 0 Å². The number of hydrogen-bond donors (Lipinski definition) is 1. The molecule has 3 nitrogen and oxygen atoms in total. The molecule has 1 spiro atoms. The van der Waals surface area contributed by atoms with Gasteiger partial charge >= 0.3 is 0 Å². The molecule has 114 valence electrons. The molecule has 0 saturated heterocycles. The lowest BCUT2D eigenvalue weighted by Gasteiger charge is -2.40. The van der Waals surface area contributed by atoms with Crippen molar-refractivity contribution in [1.29, 1.82) is 0 Å². The summed E-state index contributed by atoms with van der Waals surface area (Å²) >= 11 is 0. The summed E-state index contributed by atoms with van der Waals surface area (Å²) in [4.78, 5) is 2.34. The van der Waals surface area contributed by atoms with Gasteiger partial charge in [0.15, 0.2) is 11.5 Å². The highest BCUT2D eigenvalue weighted by Gasteiger charge is 2.42. The zero-order chi connectivity index (χ0) is 15.0. The number of aromatic hydroxyl groups is 1. The predicted octanol–water partition coefficient (Wildman–Crippen LogP) is 3.46. The molecule has 0 radical (unpaired) electrons. The fourth-order valence-corrected chi connectivity index (χ4v) is 4.02. The van der Waals surface area contributed by atoms with Crippen molar-refractivity contribution in [2.75, 3.05) is 20.7 Å². The van der Waals surface area contributed by atoms with Gasteiger partial charge in [-0.15, -0.1) is 0 Å². The topological polar surface area (TPSA) is 32.7 Å². The Morgan fingerprint density at radius 3 is 2.90 bits per heavy atom. The Bertz CT molecular complexity index is 567. The van der Waals surface area contributed by atoms with E-state index in [0.717, 1.165) is 31.5 Å². The summed E-state index contributed by atoms with van der Waals surface area (Å²) in [5.41, 5.74) is 2.26. The molecule has 0 saturated carbocycles. The number of phenols is 1. The second-order valence-corrected chi connectivity index (χ2v) is 6.56. The Balaban J connectivity index is 2.25. The van der Waals surface area contributed by atoms with Crippen molar-refractivity contribution in [2.45, 2.75) is 38.1 Å². The van der Waals surface area contributed by atoms with Gasteiger partial charge in [0, 0.05) is 17.5 Å². The lowest BCUT2D eigenvalue weighted by molar-refractivity contribution is 0.256. The molecule has 0 bridgehead atoms. The van der Waals surface area contributed by atoms with Crippen molar-refractivity contribution in [3.8, 4) is 11.5 Å². The van der Waals surface area contributed by atoms with Crippen LogP contribution in [0.4, 0.5) is 0 Å². The first-order valence-corrected chi connectivity index (χ1v) is 7.84. The van der Waals surface area contributed by atoms with E-state index in [-0.39, 0.29) is 5.41 Å². The number of hydrogen-bond acceptors (Lipinski definition) is 3. The fourth-order valence-electron chi connectivity index (χ4n) is 4.02. The Morgan fingerprint density at radius 2 is 2.19 bits per heavy atom. The van der Waals surface area contributed by atoms with E-state index < -0.39 is 0 Å². The van der Waals surface area contributed by atoms with Crippen LogP contribution in [-0.2, 0) is 12.0 Å². The molecular weight excluding hydrogens is 262 g/mol. The summed E-state index contributed by atoms with van der Waals surface area (Å²) in [5, 5.41) is 10.8. The van der Waals surface area contributed by atoms with Gasteiger partial charge in [-0.25, -0.2) is 0 Å². The standard InChI is InChI=1S/C18H25NO2/c1-13-6-4-5-9-18(13)10-11-19(2)12-14-7-8-15(21-3)17(20)16(14)18/h5,7-9,13,20H,4,6,10-12H2,1-3H3/t13-,18-/m0/s1. The molecule has 1 heterocycles. The normalized spacial score (nSPS) is 29.2. The zero-order valence-corrected chi connectivity index (χ0v) is 13.2. The van der Waals surface area contributed by atoms with Gasteiger partial charge in [0.05, 0.1) is 7.11 Å². The molecule has 2 aliphatic rings. The molecule has 21 heavy (non-hydrogen) atoms. The second-order valence-electron chi connectivity index (χ2n) is 6.56. The molecule has 1 aromatic rings. The van der Waals surface area contributed by atoms with Gasteiger partial charge < -0.3 is 14.7 Å². The molecule has 1 aliphatic heterocycles. The van der Waals surface area contributed by atoms with Crippen LogP contribution in [0.5, 0.6) is 11.5 Å². The van der Waals surface area contributed by atoms with E-state index in [0.29, 0.717) is 17.4 Å². The van der Waals surface area contributed by atoms with E-state index in [1.165, 1.54) is 12.0 Å². The lowest BCUT2D eigenvalue weighted by Crippen LogP contribution is -2.35. The first-order valence-electron chi connectivity index (χ1n) is 7.84. The van der Waals surface area contributed by atoms with Gasteiger partial charge in [-0.2, -0.15) is 0 Å². The maximum Gasteiger partial charge on any atom is 0.162 e. The van der Waals surface area contributed by atoms with E-state index in [2.05, 4.69) is 37.1 Å². The van der Waals surface area contributed by atoms with Crippen LogP contribution in [-0.4, -0.2) is 30.7 Å². The van der Waals surface area contributed by atoms with Crippen molar-refractivity contribution in [1.82, 2.24) is 4.90 Å². The van der Waals surface area contributed by atoms with Crippen LogP contribution in [0.15, 0.2) is 24.3 Å². The van der Waals surface area contributed by atoms with E-state index >= 15 is 0 Å². The molecule has 2 atom stereocenters. The molecule has 1 aromatic carbocycles. The molecule has 0 amide bonds.